The van der Waals surface area contributed by atoms with E-state index in [1.807, 2.05) is 6.07 Å². The third-order valence-corrected chi connectivity index (χ3v) is 1.72. The molecule has 0 aliphatic rings. The molecule has 0 aliphatic carbocycles. The van der Waals surface area contributed by atoms with Crippen LogP contribution in [0.15, 0.2) is 42.5 Å². The molecule has 0 aliphatic heterocycles. The van der Waals surface area contributed by atoms with Crippen LogP contribution in [0.5, 0.6) is 5.75 Å². The van der Waals surface area contributed by atoms with Gasteiger partial charge in [-0.15, -0.1) is 0 Å². The summed E-state index contributed by atoms with van der Waals surface area (Å²) in [6.45, 7) is 3.79. The Hall–Kier alpha value is -1.65. The Morgan fingerprint density at radius 2 is 2.00 bits per heavy atom. The number of carbonyl (C=O) groups excluding carboxylic acids is 1. The molecular formula is C12H14O4. The summed E-state index contributed by atoms with van der Waals surface area (Å²) in [5.74, 6) is -0.0114. The van der Waals surface area contributed by atoms with Gasteiger partial charge in [0.15, 0.2) is 0 Å². The first-order chi connectivity index (χ1) is 7.74. The van der Waals surface area contributed by atoms with Gasteiger partial charge >= 0.3 is 5.97 Å². The molecule has 0 bridgehead atoms. The van der Waals surface area contributed by atoms with Crippen LogP contribution in [0.3, 0.4) is 0 Å². The lowest BCUT2D eigenvalue weighted by molar-refractivity contribution is -0.131. The van der Waals surface area contributed by atoms with Crippen molar-refractivity contribution >= 4 is 5.97 Å². The normalized spacial score (nSPS) is 9.81. The maximum atomic E-state index is 11.5. The Morgan fingerprint density at radius 3 is 2.62 bits per heavy atom. The highest BCUT2D eigenvalue weighted by Gasteiger charge is 2.09. The van der Waals surface area contributed by atoms with Gasteiger partial charge in [0.05, 0.1) is 12.2 Å². The summed E-state index contributed by atoms with van der Waals surface area (Å²) in [7, 11) is 1.51. The van der Waals surface area contributed by atoms with E-state index in [1.54, 1.807) is 24.3 Å². The minimum Gasteiger partial charge on any atom is -0.423 e. The van der Waals surface area contributed by atoms with Crippen LogP contribution in [0.4, 0.5) is 0 Å². The summed E-state index contributed by atoms with van der Waals surface area (Å²) < 4.78 is 14.7. The summed E-state index contributed by atoms with van der Waals surface area (Å²) in [6.07, 6.45) is 0. The molecule has 4 nitrogen and oxygen atoms in total. The second-order valence-electron chi connectivity index (χ2n) is 3.06. The van der Waals surface area contributed by atoms with Crippen molar-refractivity contribution in [1.82, 2.24) is 0 Å². The highest BCUT2D eigenvalue weighted by Crippen LogP contribution is 2.10. The predicted octanol–water partition coefficient (Wildman–Crippen LogP) is 1.77. The van der Waals surface area contributed by atoms with E-state index in [1.165, 1.54) is 7.11 Å². The van der Waals surface area contributed by atoms with Gasteiger partial charge in [0, 0.05) is 7.11 Å². The monoisotopic (exact) mass is 222 g/mol. The number of hydrogen-bond acceptors (Lipinski definition) is 4. The highest BCUT2D eigenvalue weighted by atomic mass is 16.7. The average molecular weight is 222 g/mol. The Balaban J connectivity index is 2.38. The predicted molar refractivity (Wildman–Crippen MR) is 59.0 cm³/mol. The van der Waals surface area contributed by atoms with Crippen LogP contribution in [-0.2, 0) is 14.3 Å². The van der Waals surface area contributed by atoms with E-state index in [2.05, 4.69) is 11.3 Å². The van der Waals surface area contributed by atoms with Gasteiger partial charge in [0.1, 0.15) is 12.5 Å². The van der Waals surface area contributed by atoms with Crippen molar-refractivity contribution in [3.05, 3.63) is 42.5 Å². The Morgan fingerprint density at radius 1 is 1.31 bits per heavy atom. The van der Waals surface area contributed by atoms with Gasteiger partial charge in [-0.3, -0.25) is 0 Å². The van der Waals surface area contributed by atoms with Crippen molar-refractivity contribution in [2.24, 2.45) is 0 Å². The first kappa shape index (κ1) is 12.4. The average Bonchev–Trinajstić information content (AvgIpc) is 2.30. The fourth-order valence-electron chi connectivity index (χ4n) is 0.975. The van der Waals surface area contributed by atoms with Crippen molar-refractivity contribution in [3.63, 3.8) is 0 Å². The fourth-order valence-corrected chi connectivity index (χ4v) is 0.975. The number of ether oxygens (including phenoxy) is 3. The van der Waals surface area contributed by atoms with E-state index in [4.69, 9.17) is 9.47 Å². The summed E-state index contributed by atoms with van der Waals surface area (Å²) in [5, 5.41) is 0. The molecule has 0 saturated heterocycles. The molecule has 16 heavy (non-hydrogen) atoms. The number of esters is 1. The van der Waals surface area contributed by atoms with Crippen molar-refractivity contribution < 1.29 is 19.0 Å². The number of rotatable bonds is 6. The van der Waals surface area contributed by atoms with Crippen LogP contribution in [0.2, 0.25) is 0 Å². The van der Waals surface area contributed by atoms with Gasteiger partial charge < -0.3 is 14.2 Å². The molecule has 0 atom stereocenters. The van der Waals surface area contributed by atoms with Gasteiger partial charge in [-0.05, 0) is 12.1 Å². The maximum absolute atomic E-state index is 11.5. The number of benzene rings is 1. The number of methoxy groups -OCH3 is 1. The lowest BCUT2D eigenvalue weighted by Gasteiger charge is -2.06. The second kappa shape index (κ2) is 6.76. The zero-order valence-electron chi connectivity index (χ0n) is 9.14. The topological polar surface area (TPSA) is 44.8 Å². The molecule has 1 rings (SSSR count). The van der Waals surface area contributed by atoms with Crippen molar-refractivity contribution in [2.45, 2.75) is 0 Å². The number of para-hydroxylation sites is 1. The van der Waals surface area contributed by atoms with E-state index in [0.717, 1.165) is 0 Å². The second-order valence-corrected chi connectivity index (χ2v) is 3.06. The Kier molecular flexibility index (Phi) is 5.25. The molecule has 0 amide bonds. The molecule has 4 heteroatoms. The van der Waals surface area contributed by atoms with Gasteiger partial charge in [-0.25, -0.2) is 4.79 Å². The Bertz CT molecular complexity index is 345. The fraction of sp³-hybridized carbons (Fsp3) is 0.250. The highest BCUT2D eigenvalue weighted by molar-refractivity contribution is 5.89. The molecule has 1 aromatic carbocycles. The van der Waals surface area contributed by atoms with Crippen LogP contribution in [0.1, 0.15) is 0 Å². The molecule has 86 valence electrons. The molecule has 0 spiro atoms. The molecule has 1 aromatic rings. The molecule has 0 N–H and O–H groups in total. The largest absolute Gasteiger partial charge is 0.423 e. The Labute approximate surface area is 94.4 Å². The minimum absolute atomic E-state index is 0.0967. The standard InChI is InChI=1S/C12H14O4/c1-10(8-15-9-14-2)12(13)16-11-6-4-3-5-7-11/h3-7H,1,8-9H2,2H3. The summed E-state index contributed by atoms with van der Waals surface area (Å²) in [4.78, 5) is 11.5. The summed E-state index contributed by atoms with van der Waals surface area (Å²) >= 11 is 0. The smallest absolute Gasteiger partial charge is 0.341 e. The lowest BCUT2D eigenvalue weighted by Crippen LogP contribution is -2.15. The van der Waals surface area contributed by atoms with Crippen LogP contribution in [0.25, 0.3) is 0 Å². The summed E-state index contributed by atoms with van der Waals surface area (Å²) in [6, 6.07) is 8.80. The zero-order valence-corrected chi connectivity index (χ0v) is 9.14. The molecule has 0 radical (unpaired) electrons. The summed E-state index contributed by atoms with van der Waals surface area (Å²) in [5.41, 5.74) is 0.251. The molecule has 0 heterocycles. The minimum atomic E-state index is -0.498. The first-order valence-electron chi connectivity index (χ1n) is 4.75. The molecule has 0 fully saturated rings. The van der Waals surface area contributed by atoms with E-state index in [-0.39, 0.29) is 19.0 Å². The molecule has 0 saturated carbocycles. The van der Waals surface area contributed by atoms with E-state index in [0.29, 0.717) is 5.75 Å². The zero-order chi connectivity index (χ0) is 11.8. The van der Waals surface area contributed by atoms with Gasteiger partial charge in [-0.1, -0.05) is 24.8 Å². The number of carbonyl (C=O) groups is 1. The number of hydrogen-bond donors (Lipinski definition) is 0. The third kappa shape index (κ3) is 4.25. The SMILES string of the molecule is C=C(COCOC)C(=O)Oc1ccccc1. The van der Waals surface area contributed by atoms with Gasteiger partial charge in [0.2, 0.25) is 0 Å². The van der Waals surface area contributed by atoms with Gasteiger partial charge in [-0.2, -0.15) is 0 Å². The van der Waals surface area contributed by atoms with Crippen LogP contribution in [0, 0.1) is 0 Å². The van der Waals surface area contributed by atoms with Crippen LogP contribution in [-0.4, -0.2) is 26.5 Å². The molecular weight excluding hydrogens is 208 g/mol. The van der Waals surface area contributed by atoms with Crippen LogP contribution < -0.4 is 4.74 Å². The van der Waals surface area contributed by atoms with E-state index >= 15 is 0 Å². The van der Waals surface area contributed by atoms with Crippen molar-refractivity contribution in [1.29, 1.82) is 0 Å². The van der Waals surface area contributed by atoms with E-state index < -0.39 is 5.97 Å². The molecule has 0 aromatic heterocycles. The maximum Gasteiger partial charge on any atom is 0.341 e. The quantitative estimate of drug-likeness (QED) is 0.242. The first-order valence-corrected chi connectivity index (χ1v) is 4.75. The van der Waals surface area contributed by atoms with E-state index in [9.17, 15) is 4.79 Å². The van der Waals surface area contributed by atoms with Crippen molar-refractivity contribution in [3.8, 4) is 5.75 Å². The van der Waals surface area contributed by atoms with Crippen LogP contribution >= 0.6 is 0 Å². The third-order valence-electron chi connectivity index (χ3n) is 1.72. The molecule has 0 unspecified atom stereocenters. The van der Waals surface area contributed by atoms with Crippen molar-refractivity contribution in [2.75, 3.05) is 20.5 Å². The lowest BCUT2D eigenvalue weighted by atomic mass is 10.3. The van der Waals surface area contributed by atoms with Gasteiger partial charge in [0.25, 0.3) is 0 Å².